The highest BCUT2D eigenvalue weighted by Gasteiger charge is 2.62. The van der Waals surface area contributed by atoms with Crippen LogP contribution in [0.15, 0.2) is 42.5 Å². The summed E-state index contributed by atoms with van der Waals surface area (Å²) in [6, 6.07) is 5.48. The molecular formula is C36H41FN6O7S2. The second-order valence-electron chi connectivity index (χ2n) is 14.2. The Morgan fingerprint density at radius 3 is 2.62 bits per heavy atom. The second-order valence-corrected chi connectivity index (χ2v) is 17.4. The van der Waals surface area contributed by atoms with E-state index in [1.54, 1.807) is 13.0 Å². The number of nitrogens with one attached hydrogen (secondary N) is 3. The molecule has 4 heterocycles. The number of rotatable bonds is 7. The summed E-state index contributed by atoms with van der Waals surface area (Å²) in [5, 5.41) is 5.12. The average Bonchev–Trinajstić information content (AvgIpc) is 3.98. The third-order valence-corrected chi connectivity index (χ3v) is 13.0. The van der Waals surface area contributed by atoms with Crippen LogP contribution >= 0.6 is 11.3 Å². The highest BCUT2D eigenvalue weighted by atomic mass is 32.2. The molecule has 5 atom stereocenters. The third-order valence-electron chi connectivity index (χ3n) is 10.1. The molecule has 1 saturated heterocycles. The lowest BCUT2D eigenvalue weighted by atomic mass is 10.0. The Kier molecular flexibility index (Phi) is 9.80. The molecule has 0 radical (unpaired) electrons. The van der Waals surface area contributed by atoms with Crippen LogP contribution in [0, 0.1) is 25.6 Å². The van der Waals surface area contributed by atoms with Crippen LogP contribution in [0.1, 0.15) is 78.0 Å². The molecule has 7 rings (SSSR count). The van der Waals surface area contributed by atoms with Gasteiger partial charge in [0.1, 0.15) is 35.2 Å². The molecule has 276 valence electrons. The predicted molar refractivity (Wildman–Crippen MR) is 190 cm³/mol. The molecule has 52 heavy (non-hydrogen) atoms. The van der Waals surface area contributed by atoms with Crippen molar-refractivity contribution < 1.29 is 36.7 Å². The number of aryl methyl sites for hydroxylation is 2. The number of fused-ring (bicyclic) bond motifs is 3. The lowest BCUT2D eigenvalue weighted by Gasteiger charge is -2.29. The minimum Gasteiger partial charge on any atom is -0.471 e. The average molecular weight is 753 g/mol. The maximum atomic E-state index is 14.5. The quantitative estimate of drug-likeness (QED) is 0.305. The molecule has 3 fully saturated rings. The zero-order chi connectivity index (χ0) is 36.8. The van der Waals surface area contributed by atoms with E-state index in [9.17, 15) is 32.0 Å². The van der Waals surface area contributed by atoms with Crippen molar-refractivity contribution in [2.24, 2.45) is 5.92 Å². The number of sulfonamides is 1. The van der Waals surface area contributed by atoms with E-state index in [-0.39, 0.29) is 30.8 Å². The van der Waals surface area contributed by atoms with Crippen LogP contribution in [0.4, 0.5) is 4.39 Å². The molecule has 0 unspecified atom stereocenters. The van der Waals surface area contributed by atoms with Crippen molar-refractivity contribution in [3.05, 3.63) is 63.7 Å². The lowest BCUT2D eigenvalue weighted by Crippen LogP contribution is -2.58. The summed E-state index contributed by atoms with van der Waals surface area (Å²) >= 11 is 1.31. The largest absolute Gasteiger partial charge is 0.471 e. The number of carbonyl (C=O) groups excluding carboxylic acids is 4. The zero-order valence-electron chi connectivity index (χ0n) is 28.9. The molecule has 2 aliphatic carbocycles. The van der Waals surface area contributed by atoms with Crippen LogP contribution < -0.4 is 20.1 Å². The van der Waals surface area contributed by atoms with Gasteiger partial charge < -0.3 is 20.3 Å². The molecule has 4 aliphatic rings. The van der Waals surface area contributed by atoms with Crippen LogP contribution in [0.25, 0.3) is 11.0 Å². The van der Waals surface area contributed by atoms with E-state index < -0.39 is 74.4 Å². The number of amides is 4. The first-order chi connectivity index (χ1) is 24.8. The zero-order valence-corrected chi connectivity index (χ0v) is 30.5. The fraction of sp³-hybridized carbons (Fsp3) is 0.500. The molecule has 2 aromatic heterocycles. The van der Waals surface area contributed by atoms with Crippen LogP contribution in [0.3, 0.4) is 0 Å². The maximum Gasteiger partial charge on any atom is 0.262 e. The van der Waals surface area contributed by atoms with E-state index >= 15 is 0 Å². The summed E-state index contributed by atoms with van der Waals surface area (Å²) in [5.74, 6) is -3.14. The van der Waals surface area contributed by atoms with Gasteiger partial charge in [-0.3, -0.25) is 23.9 Å². The van der Waals surface area contributed by atoms with Gasteiger partial charge in [-0.15, -0.1) is 11.3 Å². The Morgan fingerprint density at radius 2 is 1.87 bits per heavy atom. The summed E-state index contributed by atoms with van der Waals surface area (Å²) in [4.78, 5) is 67.5. The number of carbonyl (C=O) groups is 4. The van der Waals surface area contributed by atoms with E-state index in [2.05, 4.69) is 25.3 Å². The van der Waals surface area contributed by atoms with Gasteiger partial charge in [-0.1, -0.05) is 25.0 Å². The smallest absolute Gasteiger partial charge is 0.262 e. The second kappa shape index (κ2) is 14.2. The van der Waals surface area contributed by atoms with Gasteiger partial charge in [0, 0.05) is 23.3 Å². The van der Waals surface area contributed by atoms with Gasteiger partial charge in [-0.2, -0.15) is 0 Å². The molecule has 3 aromatic rings. The Hall–Kier alpha value is -4.44. The summed E-state index contributed by atoms with van der Waals surface area (Å²) in [6.07, 6.45) is 7.39. The van der Waals surface area contributed by atoms with E-state index in [0.29, 0.717) is 48.2 Å². The standard InChI is InChI=1S/C36H41FN6O7S2/c1-20-10-15-30(51-20)32(45)39-27-9-7-5-3-4-6-8-22-18-36(22,35(47)42-52(48,49)25-12-13-25)41-31(44)29-17-24(19-43(29)34(27)46)50-33-21(2)38-26-14-11-23(37)16-28(26)40-33/h6,8,10-11,14-16,22,24-25,27,29H,3-5,7,9,12-13,17-19H2,1-2H3,(H,39,45)(H,41,44)(H,42,47)/t22-,24-,27+,29+,36-/m1/s1. The van der Waals surface area contributed by atoms with Crippen molar-refractivity contribution in [2.75, 3.05) is 6.54 Å². The van der Waals surface area contributed by atoms with Gasteiger partial charge in [0.05, 0.1) is 27.7 Å². The molecule has 0 bridgehead atoms. The van der Waals surface area contributed by atoms with Crippen LogP contribution in [0.2, 0.25) is 0 Å². The monoisotopic (exact) mass is 752 g/mol. The predicted octanol–water partition coefficient (Wildman–Crippen LogP) is 3.60. The molecule has 3 N–H and O–H groups in total. The van der Waals surface area contributed by atoms with Crippen molar-refractivity contribution >= 4 is 56.0 Å². The van der Waals surface area contributed by atoms with Gasteiger partial charge >= 0.3 is 0 Å². The lowest BCUT2D eigenvalue weighted by molar-refractivity contribution is -0.141. The number of hydrogen-bond acceptors (Lipinski definition) is 10. The number of nitrogens with zero attached hydrogens (tertiary/aromatic N) is 3. The molecule has 4 amide bonds. The van der Waals surface area contributed by atoms with E-state index in [1.807, 2.05) is 25.1 Å². The summed E-state index contributed by atoms with van der Waals surface area (Å²) < 4.78 is 48.1. The van der Waals surface area contributed by atoms with Crippen LogP contribution in [-0.4, -0.2) is 82.4 Å². The number of allylic oxidation sites excluding steroid dienone is 1. The Bertz CT molecular complexity index is 2070. The summed E-state index contributed by atoms with van der Waals surface area (Å²) in [6.45, 7) is 3.52. The maximum absolute atomic E-state index is 14.5. The first-order valence-electron chi connectivity index (χ1n) is 17.7. The molecule has 2 aliphatic heterocycles. The number of thiophene rings is 1. The fourth-order valence-electron chi connectivity index (χ4n) is 7.00. The van der Waals surface area contributed by atoms with Gasteiger partial charge in [-0.25, -0.2) is 22.8 Å². The van der Waals surface area contributed by atoms with Crippen molar-refractivity contribution in [2.45, 2.75) is 101 Å². The van der Waals surface area contributed by atoms with Gasteiger partial charge in [-0.05, 0) is 76.6 Å². The van der Waals surface area contributed by atoms with Crippen molar-refractivity contribution in [1.29, 1.82) is 0 Å². The fourth-order valence-corrected chi connectivity index (χ4v) is 9.14. The van der Waals surface area contributed by atoms with Gasteiger partial charge in [0.15, 0.2) is 0 Å². The molecule has 16 heteroatoms. The SMILES string of the molecule is Cc1ccc(C(=O)N[C@H]2CCCCCC=C[C@@H]3C[C@@]3(C(=O)NS(=O)(=O)C3CC3)NC(=O)[C@@H]3C[C@@H](Oc4nc5cc(F)ccc5nc4C)CN3C2=O)s1. The number of benzene rings is 1. The van der Waals surface area contributed by atoms with Gasteiger partial charge in [0.25, 0.3) is 11.8 Å². The number of halogens is 1. The van der Waals surface area contributed by atoms with Crippen molar-refractivity contribution in [1.82, 2.24) is 30.2 Å². The van der Waals surface area contributed by atoms with Crippen molar-refractivity contribution in [3.63, 3.8) is 0 Å². The summed E-state index contributed by atoms with van der Waals surface area (Å²) in [7, 11) is -3.90. The highest BCUT2D eigenvalue weighted by molar-refractivity contribution is 7.91. The molecule has 1 aromatic carbocycles. The number of hydrogen-bond donors (Lipinski definition) is 3. The number of aromatic nitrogens is 2. The topological polar surface area (TPSA) is 177 Å². The first-order valence-corrected chi connectivity index (χ1v) is 20.0. The summed E-state index contributed by atoms with van der Waals surface area (Å²) in [5.41, 5.74) is -0.343. The molecule has 13 nitrogen and oxygen atoms in total. The van der Waals surface area contributed by atoms with E-state index in [0.717, 1.165) is 17.7 Å². The molecular weight excluding hydrogens is 712 g/mol. The molecule has 0 spiro atoms. The highest BCUT2D eigenvalue weighted by Crippen LogP contribution is 2.46. The van der Waals surface area contributed by atoms with Crippen LogP contribution in [0.5, 0.6) is 5.88 Å². The van der Waals surface area contributed by atoms with E-state index in [1.165, 1.54) is 34.4 Å². The first kappa shape index (κ1) is 35.9. The Morgan fingerprint density at radius 1 is 1.06 bits per heavy atom. The van der Waals surface area contributed by atoms with Crippen LogP contribution in [-0.2, 0) is 24.4 Å². The normalized spacial score (nSPS) is 26.8. The molecule has 2 saturated carbocycles. The Balaban J connectivity index is 1.19. The minimum absolute atomic E-state index is 0.00322. The van der Waals surface area contributed by atoms with Crippen molar-refractivity contribution in [3.8, 4) is 5.88 Å². The number of ether oxygens (including phenoxy) is 1. The van der Waals surface area contributed by atoms with E-state index in [4.69, 9.17) is 4.74 Å². The third kappa shape index (κ3) is 7.54. The van der Waals surface area contributed by atoms with Gasteiger partial charge in [0.2, 0.25) is 27.7 Å². The Labute approximate surface area is 304 Å². The minimum atomic E-state index is -3.90.